The van der Waals surface area contributed by atoms with E-state index < -0.39 is 6.03 Å². The van der Waals surface area contributed by atoms with Crippen LogP contribution in [0, 0.1) is 12.3 Å². The van der Waals surface area contributed by atoms with Gasteiger partial charge in [-0.3, -0.25) is 4.98 Å². The fourth-order valence-electron chi connectivity index (χ4n) is 2.75. The largest absolute Gasteiger partial charge is 0.351 e. The summed E-state index contributed by atoms with van der Waals surface area (Å²) in [6.07, 6.45) is 1.20. The first-order valence-electron chi connectivity index (χ1n) is 7.83. The molecule has 0 spiro atoms. The van der Waals surface area contributed by atoms with Gasteiger partial charge in [0, 0.05) is 23.0 Å². The fourth-order valence-corrected chi connectivity index (χ4v) is 2.75. The molecule has 2 aromatic carbocycles. The van der Waals surface area contributed by atoms with Crippen LogP contribution in [0.2, 0.25) is 0 Å². The summed E-state index contributed by atoms with van der Waals surface area (Å²) < 4.78 is 0. The molecule has 2 amide bonds. The summed E-state index contributed by atoms with van der Waals surface area (Å²) in [5.74, 6) is 0. The number of amides is 2. The first-order valence-corrected chi connectivity index (χ1v) is 7.83. The average Bonchev–Trinajstić information content (AvgIpc) is 2.61. The van der Waals surface area contributed by atoms with Crippen LogP contribution in [0.5, 0.6) is 0 Å². The standard InChI is InChI=1S/C20H18N4O/c1-13-5-4-8-19(23-13)17-7-3-2-6-16(17)14-9-10-18(24-20(22)25)15(11-14)12-21/h2-12,21H,1H3,(H3,22,24,25). The van der Waals surface area contributed by atoms with E-state index in [1.54, 1.807) is 6.07 Å². The van der Waals surface area contributed by atoms with Crippen molar-refractivity contribution < 1.29 is 4.79 Å². The number of benzene rings is 2. The predicted molar refractivity (Wildman–Crippen MR) is 101 cm³/mol. The Morgan fingerprint density at radius 3 is 2.52 bits per heavy atom. The second kappa shape index (κ2) is 6.97. The smallest absolute Gasteiger partial charge is 0.316 e. The van der Waals surface area contributed by atoms with Gasteiger partial charge >= 0.3 is 6.03 Å². The van der Waals surface area contributed by atoms with Gasteiger partial charge in [-0.1, -0.05) is 36.4 Å². The minimum Gasteiger partial charge on any atom is -0.351 e. The number of nitrogens with two attached hydrogens (primary N) is 1. The molecule has 124 valence electrons. The van der Waals surface area contributed by atoms with Crippen LogP contribution in [0.3, 0.4) is 0 Å². The van der Waals surface area contributed by atoms with Gasteiger partial charge in [0.15, 0.2) is 0 Å². The Kier molecular flexibility index (Phi) is 4.57. The number of nitrogens with zero attached hydrogens (tertiary/aromatic N) is 1. The first kappa shape index (κ1) is 16.4. The second-order valence-electron chi connectivity index (χ2n) is 5.65. The lowest BCUT2D eigenvalue weighted by atomic mass is 9.95. The molecule has 1 heterocycles. The molecule has 4 N–H and O–H groups in total. The molecular weight excluding hydrogens is 312 g/mol. The highest BCUT2D eigenvalue weighted by atomic mass is 16.2. The minimum absolute atomic E-state index is 0.511. The summed E-state index contributed by atoms with van der Waals surface area (Å²) in [4.78, 5) is 15.7. The second-order valence-corrected chi connectivity index (χ2v) is 5.65. The number of hydrogen-bond acceptors (Lipinski definition) is 3. The van der Waals surface area contributed by atoms with Crippen LogP contribution < -0.4 is 11.1 Å². The zero-order valence-corrected chi connectivity index (χ0v) is 13.8. The highest BCUT2D eigenvalue weighted by Gasteiger charge is 2.11. The van der Waals surface area contributed by atoms with Crippen molar-refractivity contribution >= 4 is 17.9 Å². The van der Waals surface area contributed by atoms with Crippen LogP contribution in [0.1, 0.15) is 11.3 Å². The number of aryl methyl sites for hydroxylation is 1. The molecule has 1 aromatic heterocycles. The van der Waals surface area contributed by atoms with E-state index in [1.807, 2.05) is 61.5 Å². The van der Waals surface area contributed by atoms with Crippen molar-refractivity contribution in [3.63, 3.8) is 0 Å². The molecule has 0 atom stereocenters. The van der Waals surface area contributed by atoms with Gasteiger partial charge < -0.3 is 16.5 Å². The van der Waals surface area contributed by atoms with Crippen molar-refractivity contribution in [2.24, 2.45) is 5.73 Å². The van der Waals surface area contributed by atoms with Gasteiger partial charge in [0.1, 0.15) is 0 Å². The Labute approximate surface area is 146 Å². The van der Waals surface area contributed by atoms with Crippen molar-refractivity contribution in [2.45, 2.75) is 6.92 Å². The molecule has 0 saturated carbocycles. The third kappa shape index (κ3) is 3.55. The number of nitrogens with one attached hydrogen (secondary N) is 2. The summed E-state index contributed by atoms with van der Waals surface area (Å²) in [7, 11) is 0. The van der Waals surface area contributed by atoms with E-state index in [4.69, 9.17) is 11.1 Å². The lowest BCUT2D eigenvalue weighted by Crippen LogP contribution is -2.20. The number of rotatable bonds is 4. The molecule has 5 heteroatoms. The van der Waals surface area contributed by atoms with Crippen LogP contribution in [0.4, 0.5) is 10.5 Å². The molecule has 0 aliphatic rings. The molecule has 3 rings (SSSR count). The van der Waals surface area contributed by atoms with Gasteiger partial charge in [0.2, 0.25) is 0 Å². The van der Waals surface area contributed by atoms with Gasteiger partial charge in [0.25, 0.3) is 0 Å². The average molecular weight is 330 g/mol. The normalized spacial score (nSPS) is 10.3. The Morgan fingerprint density at radius 2 is 1.84 bits per heavy atom. The summed E-state index contributed by atoms with van der Waals surface area (Å²) in [5.41, 5.74) is 11.1. The quantitative estimate of drug-likeness (QED) is 0.625. The highest BCUT2D eigenvalue weighted by molar-refractivity contribution is 5.97. The maximum Gasteiger partial charge on any atom is 0.316 e. The number of anilines is 1. The van der Waals surface area contributed by atoms with Crippen LogP contribution in [-0.4, -0.2) is 17.2 Å². The summed E-state index contributed by atoms with van der Waals surface area (Å²) in [6, 6.07) is 18.8. The zero-order valence-electron chi connectivity index (χ0n) is 13.8. The number of aromatic nitrogens is 1. The van der Waals surface area contributed by atoms with Gasteiger partial charge in [0.05, 0.1) is 11.4 Å². The Bertz CT molecular complexity index is 950. The number of carbonyl (C=O) groups excluding carboxylic acids is 1. The van der Waals surface area contributed by atoms with Crippen molar-refractivity contribution in [3.05, 3.63) is 71.9 Å². The minimum atomic E-state index is -0.653. The fraction of sp³-hybridized carbons (Fsp3) is 0.0500. The SMILES string of the molecule is Cc1cccc(-c2ccccc2-c2ccc(NC(N)=O)c(C=N)c2)n1. The monoisotopic (exact) mass is 330 g/mol. The highest BCUT2D eigenvalue weighted by Crippen LogP contribution is 2.32. The third-order valence-corrected chi connectivity index (χ3v) is 3.87. The number of urea groups is 1. The number of carbonyl (C=O) groups is 1. The summed E-state index contributed by atoms with van der Waals surface area (Å²) in [5, 5.41) is 10.1. The van der Waals surface area contributed by atoms with E-state index >= 15 is 0 Å². The number of hydrogen-bond donors (Lipinski definition) is 3. The number of pyridine rings is 1. The van der Waals surface area contributed by atoms with Crippen LogP contribution >= 0.6 is 0 Å². The lowest BCUT2D eigenvalue weighted by molar-refractivity contribution is 0.259. The molecule has 5 nitrogen and oxygen atoms in total. The van der Waals surface area contributed by atoms with E-state index in [-0.39, 0.29) is 0 Å². The van der Waals surface area contributed by atoms with Crippen LogP contribution in [0.15, 0.2) is 60.7 Å². The lowest BCUT2D eigenvalue weighted by Gasteiger charge is -2.12. The molecule has 0 radical (unpaired) electrons. The first-order chi connectivity index (χ1) is 12.1. The molecule has 3 aromatic rings. The molecular formula is C20H18N4O. The maximum absolute atomic E-state index is 11.1. The number of primary amides is 1. The molecule has 0 saturated heterocycles. The Balaban J connectivity index is 2.11. The van der Waals surface area contributed by atoms with E-state index in [1.165, 1.54) is 6.21 Å². The van der Waals surface area contributed by atoms with E-state index in [9.17, 15) is 4.79 Å². The van der Waals surface area contributed by atoms with Crippen molar-refractivity contribution in [2.75, 3.05) is 5.32 Å². The van der Waals surface area contributed by atoms with Crippen molar-refractivity contribution in [3.8, 4) is 22.4 Å². The topological polar surface area (TPSA) is 91.9 Å². The van der Waals surface area contributed by atoms with Crippen molar-refractivity contribution in [1.82, 2.24) is 4.98 Å². The van der Waals surface area contributed by atoms with Gasteiger partial charge in [-0.2, -0.15) is 0 Å². The third-order valence-electron chi connectivity index (χ3n) is 3.87. The zero-order chi connectivity index (χ0) is 17.8. The van der Waals surface area contributed by atoms with Gasteiger partial charge in [-0.25, -0.2) is 4.79 Å². The molecule has 0 unspecified atom stereocenters. The van der Waals surface area contributed by atoms with Crippen LogP contribution in [-0.2, 0) is 0 Å². The maximum atomic E-state index is 11.1. The van der Waals surface area contributed by atoms with Crippen LogP contribution in [0.25, 0.3) is 22.4 Å². The molecule has 0 fully saturated rings. The van der Waals surface area contributed by atoms with E-state index in [2.05, 4.69) is 10.3 Å². The van der Waals surface area contributed by atoms with E-state index in [0.717, 1.165) is 28.1 Å². The molecule has 25 heavy (non-hydrogen) atoms. The molecule has 0 bridgehead atoms. The molecule has 0 aliphatic carbocycles. The van der Waals surface area contributed by atoms with Gasteiger partial charge in [-0.15, -0.1) is 0 Å². The summed E-state index contributed by atoms with van der Waals surface area (Å²) in [6.45, 7) is 1.96. The Morgan fingerprint density at radius 1 is 1.08 bits per heavy atom. The van der Waals surface area contributed by atoms with Crippen molar-refractivity contribution in [1.29, 1.82) is 5.41 Å². The Hall–Kier alpha value is -3.47. The summed E-state index contributed by atoms with van der Waals surface area (Å²) >= 11 is 0. The van der Waals surface area contributed by atoms with E-state index in [0.29, 0.717) is 11.3 Å². The van der Waals surface area contributed by atoms with Gasteiger partial charge in [-0.05, 0) is 42.3 Å². The predicted octanol–water partition coefficient (Wildman–Crippen LogP) is 4.21. The molecule has 0 aliphatic heterocycles.